The third kappa shape index (κ3) is 11.6. The Bertz CT molecular complexity index is 1630. The van der Waals surface area contributed by atoms with Gasteiger partial charge in [0.25, 0.3) is 5.09 Å². The van der Waals surface area contributed by atoms with Gasteiger partial charge in [0.1, 0.15) is 11.5 Å². The summed E-state index contributed by atoms with van der Waals surface area (Å²) in [4.78, 5) is 38.4. The van der Waals surface area contributed by atoms with Gasteiger partial charge in [0.2, 0.25) is 0 Å². The van der Waals surface area contributed by atoms with Crippen molar-refractivity contribution in [3.05, 3.63) is 94.0 Å². The third-order valence-corrected chi connectivity index (χ3v) is 7.87. The lowest BCUT2D eigenvalue weighted by Crippen LogP contribution is -2.14. The van der Waals surface area contributed by atoms with Gasteiger partial charge in [-0.3, -0.25) is 9.59 Å². The van der Waals surface area contributed by atoms with Crippen LogP contribution in [0.25, 0.3) is 21.5 Å². The Morgan fingerprint density at radius 1 is 0.660 bits per heavy atom. The minimum atomic E-state index is -0.830. The maximum atomic E-state index is 12.1. The largest absolute Gasteiger partial charge is 0.497 e. The Morgan fingerprint density at radius 3 is 1.49 bits per heavy atom. The number of hydrogen-bond donors (Lipinski definition) is 0. The molecule has 0 N–H and O–H groups in total. The quantitative estimate of drug-likeness (QED) is 0.0384. The van der Waals surface area contributed by atoms with Crippen LogP contribution >= 0.6 is 11.6 Å². The molecule has 2 atom stereocenters. The van der Waals surface area contributed by atoms with Crippen molar-refractivity contribution in [2.75, 3.05) is 39.9 Å². The molecule has 0 unspecified atom stereocenters. The fourth-order valence-corrected chi connectivity index (χ4v) is 4.87. The maximum Gasteiger partial charge on any atom is 0.313 e. The van der Waals surface area contributed by atoms with Gasteiger partial charge in [0, 0.05) is 5.88 Å². The number of hydrogen-bond acceptors (Lipinski definition) is 9. The fraction of sp³-hybridized carbons (Fsp3) is 0.389. The molecule has 0 aliphatic carbocycles. The highest BCUT2D eigenvalue weighted by Gasteiger charge is 2.18. The van der Waals surface area contributed by atoms with E-state index in [0.29, 0.717) is 25.3 Å². The molecule has 0 spiro atoms. The van der Waals surface area contributed by atoms with Gasteiger partial charge < -0.3 is 23.8 Å². The van der Waals surface area contributed by atoms with Crippen LogP contribution in [0.15, 0.2) is 72.8 Å². The number of unbranched alkanes of at least 4 members (excludes halogenated alkanes) is 2. The van der Waals surface area contributed by atoms with Crippen LogP contribution in [-0.4, -0.2) is 56.9 Å². The molecular formula is C36H42ClNO9. The Hall–Kier alpha value is -4.57. The average molecular weight is 668 g/mol. The van der Waals surface area contributed by atoms with Crippen molar-refractivity contribution < 1.29 is 38.5 Å². The zero-order valence-electron chi connectivity index (χ0n) is 27.2. The monoisotopic (exact) mass is 667 g/mol. The number of nitrogens with zero attached hydrogens (tertiary/aromatic N) is 1. The standard InChI is InChI=1S/C18H21ClO3.C18H21NO6/c1-13(18(20)22-10-4-3-9-19)14-5-6-16-12-17(21-2)8-7-15(16)11-14;1-13(18(20)24-9-3-4-10-25-19(21)22)14-5-6-16-12-17(23-2)8-7-15(16)11-14/h5-8,11-13H,3-4,9-10H2,1-2H3;5-8,11-13H,3-4,9-10H2,1-2H3/t2*13-/m00/s1. The highest BCUT2D eigenvalue weighted by Crippen LogP contribution is 2.27. The van der Waals surface area contributed by atoms with Gasteiger partial charge in [-0.1, -0.05) is 48.5 Å². The number of benzene rings is 4. The van der Waals surface area contributed by atoms with Gasteiger partial charge in [-0.15, -0.1) is 21.7 Å². The van der Waals surface area contributed by atoms with Crippen LogP contribution < -0.4 is 9.47 Å². The topological polar surface area (TPSA) is 123 Å². The Balaban J connectivity index is 0.000000257. The number of carbonyl (C=O) groups is 2. The molecule has 0 saturated heterocycles. The molecule has 47 heavy (non-hydrogen) atoms. The molecule has 0 fully saturated rings. The summed E-state index contributed by atoms with van der Waals surface area (Å²) in [5.74, 6) is 1.04. The van der Waals surface area contributed by atoms with Crippen LogP contribution in [0, 0.1) is 10.1 Å². The first-order valence-corrected chi connectivity index (χ1v) is 16.0. The van der Waals surface area contributed by atoms with Crippen LogP contribution in [0.1, 0.15) is 62.5 Å². The smallest absolute Gasteiger partial charge is 0.313 e. The SMILES string of the molecule is COc1ccc2cc([C@H](C)C(=O)OCCCCCl)ccc2c1.COc1ccc2cc([C@H](C)C(=O)OCCCCO[N+](=O)[O-])ccc2c1. The Morgan fingerprint density at radius 2 is 1.06 bits per heavy atom. The summed E-state index contributed by atoms with van der Waals surface area (Å²) in [5.41, 5.74) is 1.83. The van der Waals surface area contributed by atoms with Gasteiger partial charge in [-0.25, -0.2) is 0 Å². The van der Waals surface area contributed by atoms with Gasteiger partial charge in [0.05, 0.1) is 45.9 Å². The van der Waals surface area contributed by atoms with Crippen molar-refractivity contribution in [1.29, 1.82) is 0 Å². The molecule has 0 radical (unpaired) electrons. The minimum absolute atomic E-state index is 0.00818. The van der Waals surface area contributed by atoms with E-state index >= 15 is 0 Å². The van der Waals surface area contributed by atoms with E-state index < -0.39 is 5.09 Å². The van der Waals surface area contributed by atoms with E-state index in [9.17, 15) is 19.7 Å². The third-order valence-electron chi connectivity index (χ3n) is 7.60. The summed E-state index contributed by atoms with van der Waals surface area (Å²) in [7, 11) is 3.27. The first-order valence-electron chi connectivity index (χ1n) is 15.5. The van der Waals surface area contributed by atoms with E-state index in [1.165, 1.54) is 0 Å². The molecular weight excluding hydrogens is 626 g/mol. The van der Waals surface area contributed by atoms with Crippen molar-refractivity contribution in [3.8, 4) is 11.5 Å². The highest BCUT2D eigenvalue weighted by atomic mass is 35.5. The lowest BCUT2D eigenvalue weighted by molar-refractivity contribution is -0.757. The van der Waals surface area contributed by atoms with E-state index in [4.69, 9.17) is 30.5 Å². The molecule has 4 aromatic rings. The van der Waals surface area contributed by atoms with Crippen LogP contribution in [-0.2, 0) is 23.9 Å². The Kier molecular flexibility index (Phi) is 15.1. The fourth-order valence-electron chi connectivity index (χ4n) is 4.68. The summed E-state index contributed by atoms with van der Waals surface area (Å²) in [6.07, 6.45) is 2.64. The summed E-state index contributed by atoms with van der Waals surface area (Å²) >= 11 is 5.60. The van der Waals surface area contributed by atoms with E-state index in [-0.39, 0.29) is 37.0 Å². The molecule has 4 aromatic carbocycles. The number of alkyl halides is 1. The number of halogens is 1. The summed E-state index contributed by atoms with van der Waals surface area (Å²) in [6.45, 7) is 4.32. The number of methoxy groups -OCH3 is 2. The van der Waals surface area contributed by atoms with E-state index in [2.05, 4.69) is 4.84 Å². The second-order valence-electron chi connectivity index (χ2n) is 10.9. The molecule has 0 aliphatic rings. The Labute approximate surface area is 279 Å². The lowest BCUT2D eigenvalue weighted by atomic mass is 9.98. The van der Waals surface area contributed by atoms with E-state index in [1.807, 2.05) is 79.7 Å². The molecule has 0 aliphatic heterocycles. The number of fused-ring (bicyclic) bond motifs is 2. The summed E-state index contributed by atoms with van der Waals surface area (Å²) in [5, 5.41) is 13.4. The number of carbonyl (C=O) groups excluding carboxylic acids is 2. The average Bonchev–Trinajstić information content (AvgIpc) is 3.09. The van der Waals surface area contributed by atoms with Gasteiger partial charge in [-0.2, -0.15) is 0 Å². The van der Waals surface area contributed by atoms with Crippen molar-refractivity contribution in [1.82, 2.24) is 0 Å². The zero-order chi connectivity index (χ0) is 34.2. The second-order valence-corrected chi connectivity index (χ2v) is 11.3. The van der Waals surface area contributed by atoms with Crippen LogP contribution in [0.2, 0.25) is 0 Å². The molecule has 252 valence electrons. The van der Waals surface area contributed by atoms with Gasteiger partial charge >= 0.3 is 11.9 Å². The predicted octanol–water partition coefficient (Wildman–Crippen LogP) is 8.00. The molecule has 10 nitrogen and oxygen atoms in total. The van der Waals surface area contributed by atoms with Crippen LogP contribution in [0.5, 0.6) is 11.5 Å². The lowest BCUT2D eigenvalue weighted by Gasteiger charge is -2.13. The summed E-state index contributed by atoms with van der Waals surface area (Å²) in [6, 6.07) is 23.5. The molecule has 0 amide bonds. The zero-order valence-corrected chi connectivity index (χ0v) is 28.0. The van der Waals surface area contributed by atoms with E-state index in [1.54, 1.807) is 21.1 Å². The van der Waals surface area contributed by atoms with Crippen molar-refractivity contribution in [2.45, 2.75) is 51.4 Å². The molecule has 0 heterocycles. The van der Waals surface area contributed by atoms with Crippen LogP contribution in [0.3, 0.4) is 0 Å². The van der Waals surface area contributed by atoms with Crippen molar-refractivity contribution in [2.24, 2.45) is 0 Å². The van der Waals surface area contributed by atoms with Crippen LogP contribution in [0.4, 0.5) is 0 Å². The molecule has 0 aromatic heterocycles. The highest BCUT2D eigenvalue weighted by molar-refractivity contribution is 6.17. The molecule has 0 saturated carbocycles. The summed E-state index contributed by atoms with van der Waals surface area (Å²) < 4.78 is 20.9. The molecule has 0 bridgehead atoms. The maximum absolute atomic E-state index is 12.1. The van der Waals surface area contributed by atoms with E-state index in [0.717, 1.165) is 57.0 Å². The second kappa shape index (κ2) is 19.2. The minimum Gasteiger partial charge on any atom is -0.497 e. The van der Waals surface area contributed by atoms with Crippen molar-refractivity contribution >= 4 is 45.1 Å². The first-order chi connectivity index (χ1) is 22.7. The van der Waals surface area contributed by atoms with Gasteiger partial charge in [-0.05, 0) is 96.5 Å². The molecule has 4 rings (SSSR count). The predicted molar refractivity (Wildman–Crippen MR) is 182 cm³/mol. The number of ether oxygens (including phenoxy) is 4. The first kappa shape index (κ1) is 36.9. The van der Waals surface area contributed by atoms with Gasteiger partial charge in [0.15, 0.2) is 0 Å². The number of esters is 2. The normalized spacial score (nSPS) is 11.9. The molecule has 11 heteroatoms. The van der Waals surface area contributed by atoms with Crippen molar-refractivity contribution in [3.63, 3.8) is 0 Å². The number of rotatable bonds is 16.